The summed E-state index contributed by atoms with van der Waals surface area (Å²) in [4.78, 5) is 23.4. The van der Waals surface area contributed by atoms with Crippen LogP contribution in [0.5, 0.6) is 17.2 Å². The normalized spacial score (nSPS) is 9.96. The Hall–Kier alpha value is -3.22. The van der Waals surface area contributed by atoms with E-state index in [1.165, 1.54) is 0 Å². The first-order valence-electron chi connectivity index (χ1n) is 8.02. The van der Waals surface area contributed by atoms with E-state index in [1.807, 2.05) is 26.0 Å². The highest BCUT2D eigenvalue weighted by Gasteiger charge is 2.07. The fourth-order valence-electron chi connectivity index (χ4n) is 1.98. The predicted octanol–water partition coefficient (Wildman–Crippen LogP) is 1.92. The van der Waals surface area contributed by atoms with E-state index in [0.717, 1.165) is 11.1 Å². The number of rotatable bonds is 7. The first-order valence-corrected chi connectivity index (χ1v) is 8.02. The second kappa shape index (κ2) is 9.31. The molecule has 0 saturated carbocycles. The van der Waals surface area contributed by atoms with Crippen LogP contribution in [-0.4, -0.2) is 32.1 Å². The molecule has 26 heavy (non-hydrogen) atoms. The van der Waals surface area contributed by atoms with Gasteiger partial charge in [-0.25, -0.2) is 0 Å². The van der Waals surface area contributed by atoms with Gasteiger partial charge in [0.2, 0.25) is 0 Å². The molecule has 0 aliphatic carbocycles. The predicted molar refractivity (Wildman–Crippen MR) is 96.2 cm³/mol. The summed E-state index contributed by atoms with van der Waals surface area (Å²) < 4.78 is 15.7. The summed E-state index contributed by atoms with van der Waals surface area (Å²) in [7, 11) is 1.57. The molecule has 0 aliphatic heterocycles. The Morgan fingerprint density at radius 2 is 1.27 bits per heavy atom. The Balaban J connectivity index is 1.67. The van der Waals surface area contributed by atoms with Gasteiger partial charge in [0.15, 0.2) is 13.2 Å². The average Bonchev–Trinajstić information content (AvgIpc) is 2.66. The number of carbonyl (C=O) groups is 2. The van der Waals surface area contributed by atoms with Crippen LogP contribution in [0.25, 0.3) is 0 Å². The summed E-state index contributed by atoms with van der Waals surface area (Å²) in [6.45, 7) is 3.52. The van der Waals surface area contributed by atoms with Crippen molar-refractivity contribution in [1.82, 2.24) is 10.9 Å². The average molecular weight is 358 g/mol. The number of ether oxygens (including phenoxy) is 3. The van der Waals surface area contributed by atoms with Crippen molar-refractivity contribution in [3.05, 3.63) is 53.6 Å². The smallest absolute Gasteiger partial charge is 0.276 e. The van der Waals surface area contributed by atoms with E-state index in [-0.39, 0.29) is 13.2 Å². The SMILES string of the molecule is COc1ccc(OCC(=O)NNC(=O)COc2ccc(C)c(C)c2)cc1. The lowest BCUT2D eigenvalue weighted by molar-refractivity contribution is -0.131. The zero-order valence-corrected chi connectivity index (χ0v) is 15.0. The molecule has 0 aliphatic rings. The minimum absolute atomic E-state index is 0.206. The molecule has 0 saturated heterocycles. The summed E-state index contributed by atoms with van der Waals surface area (Å²) in [6, 6.07) is 12.4. The van der Waals surface area contributed by atoms with Crippen molar-refractivity contribution in [1.29, 1.82) is 0 Å². The van der Waals surface area contributed by atoms with Crippen LogP contribution in [0.4, 0.5) is 0 Å². The summed E-state index contributed by atoms with van der Waals surface area (Å²) >= 11 is 0. The zero-order chi connectivity index (χ0) is 18.9. The minimum atomic E-state index is -0.486. The number of aryl methyl sites for hydroxylation is 2. The molecule has 0 spiro atoms. The third-order valence-electron chi connectivity index (χ3n) is 3.62. The molecule has 2 aromatic carbocycles. The van der Waals surface area contributed by atoms with Crippen LogP contribution in [0.15, 0.2) is 42.5 Å². The number of nitrogens with one attached hydrogen (secondary N) is 2. The van der Waals surface area contributed by atoms with Gasteiger partial charge in [0, 0.05) is 0 Å². The fraction of sp³-hybridized carbons (Fsp3) is 0.263. The number of hydrogen-bond acceptors (Lipinski definition) is 5. The molecular formula is C19H22N2O5. The van der Waals surface area contributed by atoms with Crippen LogP contribution in [0.3, 0.4) is 0 Å². The molecule has 7 nitrogen and oxygen atoms in total. The van der Waals surface area contributed by atoms with Crippen LogP contribution in [0.1, 0.15) is 11.1 Å². The van der Waals surface area contributed by atoms with E-state index in [2.05, 4.69) is 10.9 Å². The number of hydrazine groups is 1. The molecule has 0 unspecified atom stereocenters. The van der Waals surface area contributed by atoms with Gasteiger partial charge in [-0.3, -0.25) is 20.4 Å². The molecule has 0 atom stereocenters. The molecule has 138 valence electrons. The van der Waals surface area contributed by atoms with E-state index in [4.69, 9.17) is 14.2 Å². The van der Waals surface area contributed by atoms with Crippen LogP contribution < -0.4 is 25.1 Å². The second-order valence-electron chi connectivity index (χ2n) is 5.60. The Morgan fingerprint density at radius 1 is 0.769 bits per heavy atom. The van der Waals surface area contributed by atoms with Crippen molar-refractivity contribution >= 4 is 11.8 Å². The quantitative estimate of drug-likeness (QED) is 0.739. The zero-order valence-electron chi connectivity index (χ0n) is 15.0. The highest BCUT2D eigenvalue weighted by molar-refractivity contribution is 5.83. The lowest BCUT2D eigenvalue weighted by atomic mass is 10.1. The number of amides is 2. The molecule has 2 amide bonds. The maximum atomic E-state index is 11.7. The highest BCUT2D eigenvalue weighted by atomic mass is 16.5. The van der Waals surface area contributed by atoms with E-state index >= 15 is 0 Å². The van der Waals surface area contributed by atoms with E-state index in [9.17, 15) is 9.59 Å². The lowest BCUT2D eigenvalue weighted by Crippen LogP contribution is -2.45. The summed E-state index contributed by atoms with van der Waals surface area (Å²) in [5.41, 5.74) is 6.75. The van der Waals surface area contributed by atoms with Crippen molar-refractivity contribution in [2.24, 2.45) is 0 Å². The van der Waals surface area contributed by atoms with Crippen LogP contribution in [0.2, 0.25) is 0 Å². The molecule has 0 radical (unpaired) electrons. The lowest BCUT2D eigenvalue weighted by Gasteiger charge is -2.10. The fourth-order valence-corrected chi connectivity index (χ4v) is 1.98. The first kappa shape index (κ1) is 19.1. The molecule has 0 bridgehead atoms. The molecule has 0 heterocycles. The van der Waals surface area contributed by atoms with Gasteiger partial charge in [-0.15, -0.1) is 0 Å². The van der Waals surface area contributed by atoms with Crippen molar-refractivity contribution in [2.75, 3.05) is 20.3 Å². The summed E-state index contributed by atoms with van der Waals surface area (Å²) in [5.74, 6) is 0.849. The monoisotopic (exact) mass is 358 g/mol. The molecular weight excluding hydrogens is 336 g/mol. The third kappa shape index (κ3) is 6.01. The van der Waals surface area contributed by atoms with Crippen LogP contribution in [0, 0.1) is 13.8 Å². The maximum absolute atomic E-state index is 11.7. The van der Waals surface area contributed by atoms with E-state index in [1.54, 1.807) is 37.4 Å². The van der Waals surface area contributed by atoms with Gasteiger partial charge in [-0.2, -0.15) is 0 Å². The summed E-state index contributed by atoms with van der Waals surface area (Å²) in [6.07, 6.45) is 0. The van der Waals surface area contributed by atoms with Crippen molar-refractivity contribution < 1.29 is 23.8 Å². The standard InChI is InChI=1S/C19H22N2O5/c1-13-4-5-17(10-14(13)2)26-12-19(23)21-20-18(22)11-25-16-8-6-15(24-3)7-9-16/h4-10H,11-12H2,1-3H3,(H,20,22)(H,21,23). The van der Waals surface area contributed by atoms with Gasteiger partial charge in [0.1, 0.15) is 17.2 Å². The second-order valence-corrected chi connectivity index (χ2v) is 5.60. The van der Waals surface area contributed by atoms with Crippen LogP contribution >= 0.6 is 0 Å². The van der Waals surface area contributed by atoms with E-state index < -0.39 is 11.8 Å². The Labute approximate surface area is 152 Å². The molecule has 0 fully saturated rings. The van der Waals surface area contributed by atoms with Crippen molar-refractivity contribution in [3.63, 3.8) is 0 Å². The maximum Gasteiger partial charge on any atom is 0.276 e. The Morgan fingerprint density at radius 3 is 1.81 bits per heavy atom. The van der Waals surface area contributed by atoms with Crippen molar-refractivity contribution in [3.8, 4) is 17.2 Å². The topological polar surface area (TPSA) is 85.9 Å². The van der Waals surface area contributed by atoms with Gasteiger partial charge < -0.3 is 14.2 Å². The number of hydrogen-bond donors (Lipinski definition) is 2. The van der Waals surface area contributed by atoms with E-state index in [0.29, 0.717) is 17.2 Å². The van der Waals surface area contributed by atoms with Crippen molar-refractivity contribution in [2.45, 2.75) is 13.8 Å². The van der Waals surface area contributed by atoms with Gasteiger partial charge in [0.25, 0.3) is 11.8 Å². The molecule has 2 rings (SSSR count). The minimum Gasteiger partial charge on any atom is -0.497 e. The van der Waals surface area contributed by atoms with Gasteiger partial charge in [-0.05, 0) is 61.4 Å². The third-order valence-corrected chi connectivity index (χ3v) is 3.62. The van der Waals surface area contributed by atoms with Crippen LogP contribution in [-0.2, 0) is 9.59 Å². The Bertz CT molecular complexity index is 759. The molecule has 2 aromatic rings. The number of carbonyl (C=O) groups excluding carboxylic acids is 2. The highest BCUT2D eigenvalue weighted by Crippen LogP contribution is 2.17. The van der Waals surface area contributed by atoms with Gasteiger partial charge >= 0.3 is 0 Å². The van der Waals surface area contributed by atoms with Gasteiger partial charge in [0.05, 0.1) is 7.11 Å². The Kier molecular flexibility index (Phi) is 6.84. The van der Waals surface area contributed by atoms with Gasteiger partial charge in [-0.1, -0.05) is 6.07 Å². The summed E-state index contributed by atoms with van der Waals surface area (Å²) in [5, 5.41) is 0. The number of methoxy groups -OCH3 is 1. The molecule has 0 aromatic heterocycles. The molecule has 2 N–H and O–H groups in total. The largest absolute Gasteiger partial charge is 0.497 e. The first-order chi connectivity index (χ1) is 12.5. The number of benzene rings is 2. The molecule has 7 heteroatoms.